The fourth-order valence-corrected chi connectivity index (χ4v) is 2.23. The zero-order valence-corrected chi connectivity index (χ0v) is 10.9. The highest BCUT2D eigenvalue weighted by Gasteiger charge is 2.03. The number of aromatic nitrogens is 1. The van der Waals surface area contributed by atoms with Gasteiger partial charge in [0, 0.05) is 28.5 Å². The van der Waals surface area contributed by atoms with Crippen molar-refractivity contribution in [2.75, 3.05) is 5.32 Å². The van der Waals surface area contributed by atoms with E-state index in [9.17, 15) is 0 Å². The lowest BCUT2D eigenvalue weighted by Gasteiger charge is -1.98. The van der Waals surface area contributed by atoms with Crippen molar-refractivity contribution >= 4 is 22.7 Å². The lowest BCUT2D eigenvalue weighted by atomic mass is 10.1. The molecule has 0 bridgehead atoms. The van der Waals surface area contributed by atoms with Crippen LogP contribution in [0.15, 0.2) is 60.8 Å². The number of H-pyrrole nitrogens is 1. The molecule has 0 aliphatic rings. The Kier molecular flexibility index (Phi) is 3.07. The predicted octanol–water partition coefficient (Wildman–Crippen LogP) is 4.56. The Bertz CT molecular complexity index is 708. The molecule has 94 valence electrons. The molecule has 0 saturated carbocycles. The number of hydrogen-bond donors (Lipinski definition) is 2. The molecular formula is C17H16N2. The van der Waals surface area contributed by atoms with Crippen molar-refractivity contribution in [1.82, 2.24) is 4.98 Å². The maximum Gasteiger partial charge on any atom is 0.0461 e. The van der Waals surface area contributed by atoms with Crippen molar-refractivity contribution in [2.45, 2.75) is 6.92 Å². The van der Waals surface area contributed by atoms with Crippen molar-refractivity contribution in [3.05, 3.63) is 72.1 Å². The Morgan fingerprint density at radius 1 is 0.947 bits per heavy atom. The van der Waals surface area contributed by atoms with Crippen molar-refractivity contribution in [3.63, 3.8) is 0 Å². The molecule has 0 amide bonds. The van der Waals surface area contributed by atoms with Crippen LogP contribution < -0.4 is 5.32 Å². The fourth-order valence-electron chi connectivity index (χ4n) is 2.23. The molecule has 0 fully saturated rings. The summed E-state index contributed by atoms with van der Waals surface area (Å²) in [6, 6.07) is 18.5. The summed E-state index contributed by atoms with van der Waals surface area (Å²) in [5, 5.41) is 4.54. The van der Waals surface area contributed by atoms with Gasteiger partial charge >= 0.3 is 0 Å². The molecule has 1 heterocycles. The molecule has 2 N–H and O–H groups in total. The number of nitrogens with one attached hydrogen (secondary N) is 2. The van der Waals surface area contributed by atoms with Gasteiger partial charge in [-0.25, -0.2) is 0 Å². The maximum absolute atomic E-state index is 3.42. The SMILES string of the molecule is Cc1c(/C=C/Nc2ccccc2)[nH]c2ccccc12. The molecule has 0 aliphatic carbocycles. The fraction of sp³-hybridized carbons (Fsp3) is 0.0588. The Hall–Kier alpha value is -2.48. The van der Waals surface area contributed by atoms with E-state index in [2.05, 4.69) is 41.5 Å². The molecule has 2 aromatic carbocycles. The smallest absolute Gasteiger partial charge is 0.0461 e. The second-order valence-electron chi connectivity index (χ2n) is 4.55. The lowest BCUT2D eigenvalue weighted by molar-refractivity contribution is 1.37. The lowest BCUT2D eigenvalue weighted by Crippen LogP contribution is -1.86. The van der Waals surface area contributed by atoms with E-state index in [0.717, 1.165) is 11.4 Å². The normalized spacial score (nSPS) is 11.2. The van der Waals surface area contributed by atoms with E-state index in [1.54, 1.807) is 0 Å². The van der Waals surface area contributed by atoms with Gasteiger partial charge in [0.1, 0.15) is 0 Å². The summed E-state index contributed by atoms with van der Waals surface area (Å²) in [7, 11) is 0. The molecule has 0 unspecified atom stereocenters. The molecule has 0 aliphatic heterocycles. The van der Waals surface area contributed by atoms with E-state index in [1.165, 1.54) is 16.5 Å². The van der Waals surface area contributed by atoms with E-state index in [4.69, 9.17) is 0 Å². The average molecular weight is 248 g/mol. The molecule has 2 nitrogen and oxygen atoms in total. The molecule has 0 spiro atoms. The van der Waals surface area contributed by atoms with Gasteiger partial charge in [-0.1, -0.05) is 36.4 Å². The zero-order chi connectivity index (χ0) is 13.1. The largest absolute Gasteiger partial charge is 0.362 e. The van der Waals surface area contributed by atoms with Crippen LogP contribution in [0.1, 0.15) is 11.3 Å². The molecule has 0 saturated heterocycles. The Balaban J connectivity index is 1.83. The Morgan fingerprint density at radius 2 is 1.68 bits per heavy atom. The van der Waals surface area contributed by atoms with Crippen LogP contribution in [0.3, 0.4) is 0 Å². The highest BCUT2D eigenvalue weighted by Crippen LogP contribution is 2.22. The van der Waals surface area contributed by atoms with Crippen molar-refractivity contribution < 1.29 is 0 Å². The van der Waals surface area contributed by atoms with Crippen LogP contribution in [-0.4, -0.2) is 4.98 Å². The van der Waals surface area contributed by atoms with Gasteiger partial charge in [-0.15, -0.1) is 0 Å². The van der Waals surface area contributed by atoms with Crippen LogP contribution in [0.2, 0.25) is 0 Å². The van der Waals surface area contributed by atoms with Crippen molar-refractivity contribution in [3.8, 4) is 0 Å². The van der Waals surface area contributed by atoms with Gasteiger partial charge < -0.3 is 10.3 Å². The van der Waals surface area contributed by atoms with E-state index in [1.807, 2.05) is 42.6 Å². The molecular weight excluding hydrogens is 232 g/mol. The van der Waals surface area contributed by atoms with Gasteiger partial charge in [0.15, 0.2) is 0 Å². The second kappa shape index (κ2) is 5.02. The topological polar surface area (TPSA) is 27.8 Å². The molecule has 0 atom stereocenters. The molecule has 19 heavy (non-hydrogen) atoms. The quantitative estimate of drug-likeness (QED) is 0.698. The molecule has 1 aromatic heterocycles. The third-order valence-electron chi connectivity index (χ3n) is 3.28. The summed E-state index contributed by atoms with van der Waals surface area (Å²) < 4.78 is 0. The van der Waals surface area contributed by atoms with E-state index >= 15 is 0 Å². The molecule has 0 radical (unpaired) electrons. The molecule has 2 heteroatoms. The highest BCUT2D eigenvalue weighted by molar-refractivity contribution is 5.86. The van der Waals surface area contributed by atoms with Crippen LogP contribution in [0.4, 0.5) is 5.69 Å². The standard InChI is InChI=1S/C17H16N2/c1-13-15-9-5-6-10-17(15)19-16(13)11-12-18-14-7-3-2-4-8-14/h2-12,18-19H,1H3/b12-11+. The summed E-state index contributed by atoms with van der Waals surface area (Å²) in [4.78, 5) is 3.42. The molecule has 3 aromatic rings. The monoisotopic (exact) mass is 248 g/mol. The van der Waals surface area contributed by atoms with Crippen LogP contribution in [-0.2, 0) is 0 Å². The summed E-state index contributed by atoms with van der Waals surface area (Å²) in [6.45, 7) is 2.14. The van der Waals surface area contributed by atoms with Gasteiger partial charge in [0.05, 0.1) is 0 Å². The Morgan fingerprint density at radius 3 is 2.47 bits per heavy atom. The zero-order valence-electron chi connectivity index (χ0n) is 10.9. The summed E-state index contributed by atoms with van der Waals surface area (Å²) in [5.74, 6) is 0. The minimum atomic E-state index is 1.09. The van der Waals surface area contributed by atoms with Gasteiger partial charge in [-0.2, -0.15) is 0 Å². The predicted molar refractivity (Wildman–Crippen MR) is 82.1 cm³/mol. The number of benzene rings is 2. The first-order valence-electron chi connectivity index (χ1n) is 6.40. The first kappa shape index (κ1) is 11.6. The van der Waals surface area contributed by atoms with Gasteiger partial charge in [0.25, 0.3) is 0 Å². The first-order valence-corrected chi connectivity index (χ1v) is 6.40. The second-order valence-corrected chi connectivity index (χ2v) is 4.55. The summed E-state index contributed by atoms with van der Waals surface area (Å²) >= 11 is 0. The summed E-state index contributed by atoms with van der Waals surface area (Å²) in [5.41, 5.74) is 4.69. The van der Waals surface area contributed by atoms with E-state index in [-0.39, 0.29) is 0 Å². The summed E-state index contributed by atoms with van der Waals surface area (Å²) in [6.07, 6.45) is 4.04. The number of anilines is 1. The van der Waals surface area contributed by atoms with E-state index < -0.39 is 0 Å². The van der Waals surface area contributed by atoms with Crippen molar-refractivity contribution in [2.24, 2.45) is 0 Å². The Labute approximate surface area is 112 Å². The van der Waals surface area contributed by atoms with Gasteiger partial charge in [0.2, 0.25) is 0 Å². The number of hydrogen-bond acceptors (Lipinski definition) is 1. The number of aromatic amines is 1. The third-order valence-corrected chi connectivity index (χ3v) is 3.28. The van der Waals surface area contributed by atoms with Crippen LogP contribution in [0.25, 0.3) is 17.0 Å². The number of rotatable bonds is 3. The van der Waals surface area contributed by atoms with E-state index in [0.29, 0.717) is 0 Å². The number of aryl methyl sites for hydroxylation is 1. The van der Waals surface area contributed by atoms with Crippen molar-refractivity contribution in [1.29, 1.82) is 0 Å². The van der Waals surface area contributed by atoms with Gasteiger partial charge in [-0.05, 0) is 36.8 Å². The molecule has 3 rings (SSSR count). The van der Waals surface area contributed by atoms with Crippen LogP contribution in [0, 0.1) is 6.92 Å². The minimum Gasteiger partial charge on any atom is -0.362 e. The average Bonchev–Trinajstić information content (AvgIpc) is 2.78. The number of fused-ring (bicyclic) bond motifs is 1. The highest BCUT2D eigenvalue weighted by atomic mass is 14.8. The van der Waals surface area contributed by atoms with Crippen LogP contribution in [0.5, 0.6) is 0 Å². The third kappa shape index (κ3) is 2.38. The first-order chi connectivity index (χ1) is 9.34. The minimum absolute atomic E-state index is 1.09. The maximum atomic E-state index is 3.42. The van der Waals surface area contributed by atoms with Crippen LogP contribution >= 0.6 is 0 Å². The van der Waals surface area contributed by atoms with Gasteiger partial charge in [-0.3, -0.25) is 0 Å². The number of para-hydroxylation sites is 2.